The minimum atomic E-state index is -4.17. The molecule has 0 aliphatic carbocycles. The van der Waals surface area contributed by atoms with Crippen molar-refractivity contribution in [2.45, 2.75) is 11.3 Å². The van der Waals surface area contributed by atoms with Gasteiger partial charge in [-0.15, -0.1) is 6.58 Å². The van der Waals surface area contributed by atoms with Crippen LogP contribution in [0.2, 0.25) is 5.02 Å². The second-order valence-electron chi connectivity index (χ2n) is 2.72. The lowest BCUT2D eigenvalue weighted by Crippen LogP contribution is -1.98. The van der Waals surface area contributed by atoms with Gasteiger partial charge in [-0.25, -0.2) is 0 Å². The van der Waals surface area contributed by atoms with Crippen molar-refractivity contribution in [1.29, 1.82) is 0 Å². The number of allylic oxidation sites excluding steroid dienone is 1. The number of rotatable bonds is 3. The van der Waals surface area contributed by atoms with Crippen molar-refractivity contribution in [3.8, 4) is 0 Å². The molecule has 1 aromatic carbocycles. The van der Waals surface area contributed by atoms with Crippen molar-refractivity contribution >= 4 is 21.7 Å². The number of hydrogen-bond acceptors (Lipinski definition) is 2. The van der Waals surface area contributed by atoms with Crippen LogP contribution in [-0.4, -0.2) is 13.0 Å². The van der Waals surface area contributed by atoms with Gasteiger partial charge < -0.3 is 0 Å². The molecule has 0 aliphatic heterocycles. The summed E-state index contributed by atoms with van der Waals surface area (Å²) >= 11 is 5.79. The second kappa shape index (κ2) is 4.13. The lowest BCUT2D eigenvalue weighted by atomic mass is 10.1. The van der Waals surface area contributed by atoms with Crippen molar-refractivity contribution in [2.24, 2.45) is 0 Å². The highest BCUT2D eigenvalue weighted by Crippen LogP contribution is 2.21. The van der Waals surface area contributed by atoms with Crippen LogP contribution in [0, 0.1) is 0 Å². The van der Waals surface area contributed by atoms with E-state index in [1.807, 2.05) is 0 Å². The summed E-state index contributed by atoms with van der Waals surface area (Å²) in [6, 6.07) is 4.07. The fourth-order valence-corrected chi connectivity index (χ4v) is 1.84. The van der Waals surface area contributed by atoms with Crippen LogP contribution in [0.15, 0.2) is 35.7 Å². The Hall–Kier alpha value is -0.840. The molecule has 0 aliphatic rings. The van der Waals surface area contributed by atoms with Gasteiger partial charge in [-0.2, -0.15) is 8.42 Å². The lowest BCUT2D eigenvalue weighted by molar-refractivity contribution is 0.483. The van der Waals surface area contributed by atoms with Gasteiger partial charge in [0.05, 0.1) is 4.90 Å². The Bertz CT molecular complexity index is 451. The Balaban J connectivity index is 3.19. The maximum Gasteiger partial charge on any atom is 0.294 e. The van der Waals surface area contributed by atoms with E-state index in [1.165, 1.54) is 12.1 Å². The van der Waals surface area contributed by atoms with Gasteiger partial charge >= 0.3 is 0 Å². The molecular formula is C9H9ClO3S. The van der Waals surface area contributed by atoms with E-state index in [2.05, 4.69) is 6.58 Å². The molecule has 76 valence electrons. The Morgan fingerprint density at radius 1 is 1.50 bits per heavy atom. The van der Waals surface area contributed by atoms with E-state index in [1.54, 1.807) is 12.1 Å². The zero-order chi connectivity index (χ0) is 10.8. The standard InChI is InChI=1S/C9H9ClO3S/c1-2-3-7-4-5-8(6-9(7)10)14(11,12)13/h2,4-6H,1,3H2,(H,11,12,13). The molecule has 0 spiro atoms. The summed E-state index contributed by atoms with van der Waals surface area (Å²) in [6.07, 6.45) is 2.22. The Labute approximate surface area is 87.8 Å². The third kappa shape index (κ3) is 2.57. The molecule has 0 amide bonds. The predicted octanol–water partition coefficient (Wildman–Crippen LogP) is 2.32. The van der Waals surface area contributed by atoms with Gasteiger partial charge in [0.15, 0.2) is 0 Å². The summed E-state index contributed by atoms with van der Waals surface area (Å²) < 4.78 is 30.2. The van der Waals surface area contributed by atoms with Gasteiger partial charge in [-0.3, -0.25) is 4.55 Å². The molecule has 0 saturated carbocycles. The highest BCUT2D eigenvalue weighted by atomic mass is 35.5. The lowest BCUT2D eigenvalue weighted by Gasteiger charge is -2.02. The molecule has 3 nitrogen and oxygen atoms in total. The summed E-state index contributed by atoms with van der Waals surface area (Å²) in [6.45, 7) is 3.54. The van der Waals surface area contributed by atoms with Gasteiger partial charge in [0.25, 0.3) is 10.1 Å². The molecule has 0 atom stereocenters. The van der Waals surface area contributed by atoms with Crippen LogP contribution in [0.3, 0.4) is 0 Å². The van der Waals surface area contributed by atoms with Crippen LogP contribution >= 0.6 is 11.6 Å². The summed E-state index contributed by atoms with van der Waals surface area (Å²) in [7, 11) is -4.17. The average Bonchev–Trinajstić information content (AvgIpc) is 2.07. The molecule has 0 heterocycles. The van der Waals surface area contributed by atoms with Crippen molar-refractivity contribution in [3.05, 3.63) is 41.4 Å². The molecular weight excluding hydrogens is 224 g/mol. The van der Waals surface area contributed by atoms with Crippen molar-refractivity contribution in [3.63, 3.8) is 0 Å². The zero-order valence-electron chi connectivity index (χ0n) is 7.27. The molecule has 1 rings (SSSR count). The molecule has 0 saturated heterocycles. The number of hydrogen-bond donors (Lipinski definition) is 1. The third-order valence-corrected chi connectivity index (χ3v) is 2.89. The SMILES string of the molecule is C=CCc1ccc(S(=O)(=O)O)cc1Cl. The summed E-state index contributed by atoms with van der Waals surface area (Å²) in [5, 5.41) is 0.306. The monoisotopic (exact) mass is 232 g/mol. The Morgan fingerprint density at radius 2 is 2.14 bits per heavy atom. The van der Waals surface area contributed by atoms with E-state index in [0.29, 0.717) is 11.4 Å². The average molecular weight is 233 g/mol. The summed E-state index contributed by atoms with van der Waals surface area (Å²) in [5.41, 5.74) is 0.772. The van der Waals surface area contributed by atoms with Crippen LogP contribution in [0.1, 0.15) is 5.56 Å². The molecule has 0 aromatic heterocycles. The maximum atomic E-state index is 10.7. The van der Waals surface area contributed by atoms with Crippen LogP contribution < -0.4 is 0 Å². The molecule has 0 radical (unpaired) electrons. The quantitative estimate of drug-likeness (QED) is 0.643. The molecule has 0 unspecified atom stereocenters. The third-order valence-electron chi connectivity index (χ3n) is 1.69. The number of halogens is 1. The smallest absolute Gasteiger partial charge is 0.282 e. The van der Waals surface area contributed by atoms with E-state index in [0.717, 1.165) is 5.56 Å². The first-order valence-electron chi connectivity index (χ1n) is 3.82. The van der Waals surface area contributed by atoms with Gasteiger partial charge in [0.2, 0.25) is 0 Å². The van der Waals surface area contributed by atoms with Gasteiger partial charge in [-0.1, -0.05) is 23.7 Å². The van der Waals surface area contributed by atoms with Crippen LogP contribution in [-0.2, 0) is 16.5 Å². The first-order chi connectivity index (χ1) is 6.45. The second-order valence-corrected chi connectivity index (χ2v) is 4.55. The van der Waals surface area contributed by atoms with Crippen LogP contribution in [0.5, 0.6) is 0 Å². The minimum Gasteiger partial charge on any atom is -0.282 e. The molecule has 14 heavy (non-hydrogen) atoms. The van der Waals surface area contributed by atoms with Gasteiger partial charge in [-0.05, 0) is 24.1 Å². The van der Waals surface area contributed by atoms with E-state index in [9.17, 15) is 8.42 Å². The van der Waals surface area contributed by atoms with Crippen molar-refractivity contribution < 1.29 is 13.0 Å². The normalized spacial score (nSPS) is 11.3. The fraction of sp³-hybridized carbons (Fsp3) is 0.111. The number of benzene rings is 1. The summed E-state index contributed by atoms with van der Waals surface area (Å²) in [5.74, 6) is 0. The van der Waals surface area contributed by atoms with E-state index in [-0.39, 0.29) is 4.90 Å². The van der Waals surface area contributed by atoms with Crippen LogP contribution in [0.25, 0.3) is 0 Å². The highest BCUT2D eigenvalue weighted by Gasteiger charge is 2.10. The highest BCUT2D eigenvalue weighted by molar-refractivity contribution is 7.85. The first-order valence-corrected chi connectivity index (χ1v) is 5.64. The molecule has 1 N–H and O–H groups in total. The molecule has 0 bridgehead atoms. The Morgan fingerprint density at radius 3 is 2.57 bits per heavy atom. The van der Waals surface area contributed by atoms with E-state index < -0.39 is 10.1 Å². The first kappa shape index (κ1) is 11.2. The minimum absolute atomic E-state index is 0.199. The molecule has 1 aromatic rings. The molecule has 0 fully saturated rings. The fourth-order valence-electron chi connectivity index (χ4n) is 1.01. The van der Waals surface area contributed by atoms with Crippen molar-refractivity contribution in [2.75, 3.05) is 0 Å². The largest absolute Gasteiger partial charge is 0.294 e. The van der Waals surface area contributed by atoms with Crippen molar-refractivity contribution in [1.82, 2.24) is 0 Å². The van der Waals surface area contributed by atoms with E-state index in [4.69, 9.17) is 16.2 Å². The van der Waals surface area contributed by atoms with Gasteiger partial charge in [0, 0.05) is 5.02 Å². The van der Waals surface area contributed by atoms with E-state index >= 15 is 0 Å². The summed E-state index contributed by atoms with van der Waals surface area (Å²) in [4.78, 5) is -0.199. The zero-order valence-corrected chi connectivity index (χ0v) is 8.85. The Kier molecular flexibility index (Phi) is 3.31. The predicted molar refractivity (Wildman–Crippen MR) is 55.2 cm³/mol. The van der Waals surface area contributed by atoms with Crippen LogP contribution in [0.4, 0.5) is 0 Å². The van der Waals surface area contributed by atoms with Gasteiger partial charge in [0.1, 0.15) is 0 Å². The molecule has 5 heteroatoms. The topological polar surface area (TPSA) is 54.4 Å². The maximum absolute atomic E-state index is 10.7.